The van der Waals surface area contributed by atoms with E-state index in [4.69, 9.17) is 4.42 Å². The highest BCUT2D eigenvalue weighted by molar-refractivity contribution is 5.20. The van der Waals surface area contributed by atoms with Gasteiger partial charge in [-0.15, -0.1) is 0 Å². The predicted octanol–water partition coefficient (Wildman–Crippen LogP) is 2.89. The summed E-state index contributed by atoms with van der Waals surface area (Å²) in [5.41, 5.74) is 1.21. The second kappa shape index (κ2) is 6.06. The highest BCUT2D eigenvalue weighted by Gasteiger charge is 2.09. The van der Waals surface area contributed by atoms with Crippen LogP contribution in [0.1, 0.15) is 36.8 Å². The molecule has 2 aromatic rings. The van der Waals surface area contributed by atoms with Gasteiger partial charge >= 0.3 is 0 Å². The second-order valence-corrected chi connectivity index (χ2v) is 5.45. The van der Waals surface area contributed by atoms with Crippen molar-refractivity contribution >= 4 is 0 Å². The van der Waals surface area contributed by atoms with Crippen molar-refractivity contribution in [3.05, 3.63) is 41.4 Å². The summed E-state index contributed by atoms with van der Waals surface area (Å²) in [6.07, 6.45) is 3.79. The second-order valence-electron chi connectivity index (χ2n) is 5.45. The lowest BCUT2D eigenvalue weighted by molar-refractivity contribution is 0.426. The van der Waals surface area contributed by atoms with Gasteiger partial charge in [-0.3, -0.25) is 0 Å². The molecule has 104 valence electrons. The first-order valence-electron chi connectivity index (χ1n) is 6.83. The van der Waals surface area contributed by atoms with Gasteiger partial charge in [-0.1, -0.05) is 13.8 Å². The summed E-state index contributed by atoms with van der Waals surface area (Å²) in [7, 11) is 0. The Morgan fingerprint density at radius 1 is 1.37 bits per heavy atom. The Labute approximate surface area is 114 Å². The van der Waals surface area contributed by atoms with Gasteiger partial charge in [-0.2, -0.15) is 0 Å². The third-order valence-corrected chi connectivity index (χ3v) is 3.16. The number of nitrogens with zero attached hydrogens (tertiary/aromatic N) is 2. The van der Waals surface area contributed by atoms with E-state index in [-0.39, 0.29) is 0 Å². The fourth-order valence-corrected chi connectivity index (χ4v) is 2.06. The highest BCUT2D eigenvalue weighted by atomic mass is 16.3. The van der Waals surface area contributed by atoms with Crippen LogP contribution in [0.25, 0.3) is 0 Å². The van der Waals surface area contributed by atoms with Gasteiger partial charge in [-0.25, -0.2) is 4.98 Å². The van der Waals surface area contributed by atoms with E-state index in [0.29, 0.717) is 5.92 Å². The van der Waals surface area contributed by atoms with Crippen molar-refractivity contribution in [3.63, 3.8) is 0 Å². The molecule has 0 atom stereocenters. The number of furan rings is 1. The summed E-state index contributed by atoms with van der Waals surface area (Å²) in [6.45, 7) is 11.1. The van der Waals surface area contributed by atoms with E-state index in [1.807, 2.05) is 19.3 Å². The molecule has 4 heteroatoms. The summed E-state index contributed by atoms with van der Waals surface area (Å²) in [6, 6.07) is 2.12. The standard InChI is InChI=1S/C15H23N3O/c1-11(2)8-16-9-15-12(3)7-14(19-15)10-18-6-5-17-13(18)4/h5-7,11,16H,8-10H2,1-4H3. The van der Waals surface area contributed by atoms with Crippen molar-refractivity contribution in [3.8, 4) is 0 Å². The Bertz CT molecular complexity index is 525. The van der Waals surface area contributed by atoms with Crippen LogP contribution in [0.4, 0.5) is 0 Å². The number of aryl methyl sites for hydroxylation is 2. The van der Waals surface area contributed by atoms with Crippen molar-refractivity contribution in [2.24, 2.45) is 5.92 Å². The van der Waals surface area contributed by atoms with Gasteiger partial charge in [0, 0.05) is 12.4 Å². The zero-order chi connectivity index (χ0) is 13.8. The van der Waals surface area contributed by atoms with Crippen molar-refractivity contribution in [2.75, 3.05) is 6.54 Å². The summed E-state index contributed by atoms with van der Waals surface area (Å²) in [5.74, 6) is 3.69. The molecule has 19 heavy (non-hydrogen) atoms. The van der Waals surface area contributed by atoms with E-state index in [0.717, 1.165) is 37.0 Å². The van der Waals surface area contributed by atoms with Crippen LogP contribution in [0, 0.1) is 19.8 Å². The normalized spacial score (nSPS) is 11.4. The topological polar surface area (TPSA) is 43.0 Å². The van der Waals surface area contributed by atoms with E-state index < -0.39 is 0 Å². The van der Waals surface area contributed by atoms with Crippen molar-refractivity contribution in [2.45, 2.75) is 40.8 Å². The minimum atomic E-state index is 0.656. The highest BCUT2D eigenvalue weighted by Crippen LogP contribution is 2.16. The monoisotopic (exact) mass is 261 g/mol. The number of nitrogens with one attached hydrogen (secondary N) is 1. The largest absolute Gasteiger partial charge is 0.463 e. The van der Waals surface area contributed by atoms with E-state index in [9.17, 15) is 0 Å². The SMILES string of the molecule is Cc1cc(Cn2ccnc2C)oc1CNCC(C)C. The van der Waals surface area contributed by atoms with E-state index in [1.54, 1.807) is 0 Å². The minimum absolute atomic E-state index is 0.656. The third-order valence-electron chi connectivity index (χ3n) is 3.16. The zero-order valence-electron chi connectivity index (χ0n) is 12.2. The van der Waals surface area contributed by atoms with Crippen LogP contribution in [-0.2, 0) is 13.1 Å². The summed E-state index contributed by atoms with van der Waals surface area (Å²) in [4.78, 5) is 4.22. The average molecular weight is 261 g/mol. The van der Waals surface area contributed by atoms with Crippen LogP contribution in [0.2, 0.25) is 0 Å². The molecule has 0 aliphatic carbocycles. The Balaban J connectivity index is 1.98. The van der Waals surface area contributed by atoms with Crippen molar-refractivity contribution in [1.82, 2.24) is 14.9 Å². The molecule has 0 bridgehead atoms. The maximum Gasteiger partial charge on any atom is 0.124 e. The van der Waals surface area contributed by atoms with Crippen molar-refractivity contribution in [1.29, 1.82) is 0 Å². The number of imidazole rings is 1. The average Bonchev–Trinajstić information content (AvgIpc) is 2.87. The van der Waals surface area contributed by atoms with E-state index in [1.165, 1.54) is 5.56 Å². The summed E-state index contributed by atoms with van der Waals surface area (Å²) >= 11 is 0. The Morgan fingerprint density at radius 2 is 2.16 bits per heavy atom. The molecule has 0 unspecified atom stereocenters. The van der Waals surface area contributed by atoms with Gasteiger partial charge in [0.15, 0.2) is 0 Å². The van der Waals surface area contributed by atoms with E-state index >= 15 is 0 Å². The number of aromatic nitrogens is 2. The predicted molar refractivity (Wildman–Crippen MR) is 76.1 cm³/mol. The Morgan fingerprint density at radius 3 is 2.79 bits per heavy atom. The number of rotatable bonds is 6. The molecular formula is C15H23N3O. The van der Waals surface area contributed by atoms with Crippen molar-refractivity contribution < 1.29 is 4.42 Å². The van der Waals surface area contributed by atoms with Crippen LogP contribution in [0.5, 0.6) is 0 Å². The molecule has 0 fully saturated rings. The number of hydrogen-bond acceptors (Lipinski definition) is 3. The molecule has 1 N–H and O–H groups in total. The molecule has 0 saturated carbocycles. The summed E-state index contributed by atoms with van der Waals surface area (Å²) in [5, 5.41) is 3.41. The minimum Gasteiger partial charge on any atom is -0.463 e. The first-order chi connectivity index (χ1) is 9.06. The van der Waals surface area contributed by atoms with Crippen LogP contribution in [-0.4, -0.2) is 16.1 Å². The van der Waals surface area contributed by atoms with Gasteiger partial charge in [0.1, 0.15) is 17.3 Å². The van der Waals surface area contributed by atoms with Gasteiger partial charge in [0.25, 0.3) is 0 Å². The molecular weight excluding hydrogens is 238 g/mol. The van der Waals surface area contributed by atoms with Crippen LogP contribution in [0.3, 0.4) is 0 Å². The zero-order valence-corrected chi connectivity index (χ0v) is 12.2. The lowest BCUT2D eigenvalue weighted by atomic mass is 10.2. The molecule has 2 rings (SSSR count). The fraction of sp³-hybridized carbons (Fsp3) is 0.533. The van der Waals surface area contributed by atoms with Crippen LogP contribution in [0.15, 0.2) is 22.9 Å². The quantitative estimate of drug-likeness (QED) is 0.869. The lowest BCUT2D eigenvalue weighted by Crippen LogP contribution is -2.19. The molecule has 0 spiro atoms. The molecule has 0 aromatic carbocycles. The third kappa shape index (κ3) is 3.70. The van der Waals surface area contributed by atoms with Crippen LogP contribution < -0.4 is 5.32 Å². The Hall–Kier alpha value is -1.55. The fourth-order valence-electron chi connectivity index (χ4n) is 2.06. The molecule has 2 aromatic heterocycles. The molecule has 0 aliphatic rings. The first-order valence-corrected chi connectivity index (χ1v) is 6.83. The van der Waals surface area contributed by atoms with Gasteiger partial charge in [0.05, 0.1) is 13.1 Å². The molecule has 4 nitrogen and oxygen atoms in total. The molecule has 0 amide bonds. The summed E-state index contributed by atoms with van der Waals surface area (Å²) < 4.78 is 8.00. The molecule has 0 aliphatic heterocycles. The van der Waals surface area contributed by atoms with Crippen LogP contribution >= 0.6 is 0 Å². The lowest BCUT2D eigenvalue weighted by Gasteiger charge is -2.06. The first kappa shape index (κ1) is 13.9. The maximum atomic E-state index is 5.91. The molecule has 2 heterocycles. The van der Waals surface area contributed by atoms with Gasteiger partial charge in [0.2, 0.25) is 0 Å². The molecule has 0 radical (unpaired) electrons. The van der Waals surface area contributed by atoms with E-state index in [2.05, 4.69) is 41.7 Å². The Kier molecular flexibility index (Phi) is 4.43. The number of hydrogen-bond donors (Lipinski definition) is 1. The van der Waals surface area contributed by atoms with Gasteiger partial charge < -0.3 is 14.3 Å². The smallest absolute Gasteiger partial charge is 0.124 e. The molecule has 0 saturated heterocycles. The maximum absolute atomic E-state index is 5.91. The van der Waals surface area contributed by atoms with Gasteiger partial charge in [-0.05, 0) is 37.9 Å².